The van der Waals surface area contributed by atoms with Gasteiger partial charge in [0.2, 0.25) is 0 Å². The molecule has 0 saturated carbocycles. The van der Waals surface area contributed by atoms with Crippen LogP contribution in [0.15, 0.2) is 41.8 Å². The second-order valence-corrected chi connectivity index (χ2v) is 8.04. The van der Waals surface area contributed by atoms with E-state index in [4.69, 9.17) is 0 Å². The van der Waals surface area contributed by atoms with Crippen molar-refractivity contribution in [2.45, 2.75) is 11.8 Å². The summed E-state index contributed by atoms with van der Waals surface area (Å²) in [6, 6.07) is 11.6. The van der Waals surface area contributed by atoms with E-state index in [2.05, 4.69) is 16.3 Å². The fraction of sp³-hybridized carbons (Fsp3) is 0.353. The molecule has 4 nitrogen and oxygen atoms in total. The van der Waals surface area contributed by atoms with Gasteiger partial charge in [0, 0.05) is 39.8 Å². The van der Waals surface area contributed by atoms with Crippen LogP contribution in [0.2, 0.25) is 0 Å². The molecule has 0 aliphatic rings. The lowest BCUT2D eigenvalue weighted by Gasteiger charge is -2.23. The number of thiophene rings is 1. The number of carbonyl (C=O) groups excluding carboxylic acids is 1. The van der Waals surface area contributed by atoms with Crippen molar-refractivity contribution in [1.82, 2.24) is 10.2 Å². The summed E-state index contributed by atoms with van der Waals surface area (Å²) in [5.41, 5.74) is 1.53. The van der Waals surface area contributed by atoms with Gasteiger partial charge in [-0.05, 0) is 43.2 Å². The zero-order valence-electron chi connectivity index (χ0n) is 13.6. The molecule has 0 aliphatic heterocycles. The lowest BCUT2D eigenvalue weighted by atomic mass is 10.1. The second-order valence-electron chi connectivity index (χ2n) is 5.62. The van der Waals surface area contributed by atoms with Crippen LogP contribution < -0.4 is 5.32 Å². The van der Waals surface area contributed by atoms with Gasteiger partial charge in [-0.3, -0.25) is 9.00 Å². The smallest absolute Gasteiger partial charge is 0.251 e. The van der Waals surface area contributed by atoms with Crippen molar-refractivity contribution in [3.05, 3.63) is 57.8 Å². The van der Waals surface area contributed by atoms with Crippen molar-refractivity contribution < 1.29 is 9.00 Å². The first-order valence-corrected chi connectivity index (χ1v) is 9.95. The van der Waals surface area contributed by atoms with Crippen molar-refractivity contribution in [1.29, 1.82) is 0 Å². The molecule has 1 N–H and O–H groups in total. The Morgan fingerprint density at radius 3 is 2.70 bits per heavy atom. The van der Waals surface area contributed by atoms with Crippen molar-refractivity contribution in [2.75, 3.05) is 26.9 Å². The number of nitrogens with zero attached hydrogens (tertiary/aromatic N) is 1. The molecule has 6 heteroatoms. The minimum Gasteiger partial charge on any atom is -0.350 e. The molecule has 0 aliphatic carbocycles. The van der Waals surface area contributed by atoms with Crippen LogP contribution in [0.25, 0.3) is 0 Å². The summed E-state index contributed by atoms with van der Waals surface area (Å²) in [7, 11) is 3.10. The Kier molecular flexibility index (Phi) is 6.50. The fourth-order valence-corrected chi connectivity index (χ4v) is 3.92. The van der Waals surface area contributed by atoms with Gasteiger partial charge in [-0.2, -0.15) is 0 Å². The SMILES string of the molecule is CN(C)C(CNC(=O)c1cccc(CS(C)=O)c1)c1cccs1. The van der Waals surface area contributed by atoms with Crippen molar-refractivity contribution >= 4 is 28.0 Å². The zero-order valence-corrected chi connectivity index (χ0v) is 15.2. The first-order valence-electron chi connectivity index (χ1n) is 7.34. The first kappa shape index (κ1) is 17.8. The topological polar surface area (TPSA) is 49.4 Å². The Bertz CT molecular complexity index is 669. The first-order chi connectivity index (χ1) is 11.0. The summed E-state index contributed by atoms with van der Waals surface area (Å²) in [5.74, 6) is 0.369. The normalized spacial score (nSPS) is 13.7. The van der Waals surface area contributed by atoms with Crippen LogP contribution >= 0.6 is 11.3 Å². The molecule has 0 bridgehead atoms. The van der Waals surface area contributed by atoms with Gasteiger partial charge >= 0.3 is 0 Å². The number of carbonyl (C=O) groups is 1. The maximum Gasteiger partial charge on any atom is 0.251 e. The molecule has 0 saturated heterocycles. The molecule has 124 valence electrons. The predicted molar refractivity (Wildman–Crippen MR) is 97.3 cm³/mol. The Morgan fingerprint density at radius 1 is 1.30 bits per heavy atom. The molecule has 23 heavy (non-hydrogen) atoms. The fourth-order valence-electron chi connectivity index (χ4n) is 2.35. The standard InChI is InChI=1S/C17H22N2O2S2/c1-19(2)15(16-8-5-9-22-16)11-18-17(20)14-7-4-6-13(10-14)12-23(3)21/h4-10,15H,11-12H2,1-3H3,(H,18,20). The van der Waals surface area contributed by atoms with Crippen molar-refractivity contribution in [3.8, 4) is 0 Å². The zero-order chi connectivity index (χ0) is 16.8. The summed E-state index contributed by atoms with van der Waals surface area (Å²) in [4.78, 5) is 15.7. The van der Waals surface area contributed by atoms with Crippen LogP contribution in [0.4, 0.5) is 0 Å². The minimum absolute atomic E-state index is 0.0999. The number of amides is 1. The second kappa shape index (κ2) is 8.38. The van der Waals surface area contributed by atoms with Gasteiger partial charge in [0.1, 0.15) is 0 Å². The number of hydrogen-bond donors (Lipinski definition) is 1. The van der Waals surface area contributed by atoms with Gasteiger partial charge in [0.15, 0.2) is 0 Å². The van der Waals surface area contributed by atoms with E-state index in [9.17, 15) is 9.00 Å². The molecule has 1 heterocycles. The number of rotatable bonds is 7. The average molecular weight is 351 g/mol. The van der Waals surface area contributed by atoms with E-state index < -0.39 is 10.8 Å². The Morgan fingerprint density at radius 2 is 2.09 bits per heavy atom. The Labute approximate surface area is 144 Å². The van der Waals surface area contributed by atoms with Gasteiger partial charge in [0.25, 0.3) is 5.91 Å². The summed E-state index contributed by atoms with van der Waals surface area (Å²) in [6.45, 7) is 0.552. The lowest BCUT2D eigenvalue weighted by Crippen LogP contribution is -2.34. The van der Waals surface area contributed by atoms with Gasteiger partial charge in [0.05, 0.1) is 6.04 Å². The number of benzene rings is 1. The summed E-state index contributed by atoms with van der Waals surface area (Å²) in [6.07, 6.45) is 1.66. The third kappa shape index (κ3) is 5.27. The van der Waals surface area contributed by atoms with Crippen LogP contribution in [0.5, 0.6) is 0 Å². The molecule has 1 aromatic carbocycles. The van der Waals surface area contributed by atoms with Crippen LogP contribution in [0.1, 0.15) is 26.8 Å². The molecule has 2 aromatic rings. The number of likely N-dealkylation sites (N-methyl/N-ethyl adjacent to an activating group) is 1. The highest BCUT2D eigenvalue weighted by Gasteiger charge is 2.16. The molecule has 2 atom stereocenters. The quantitative estimate of drug-likeness (QED) is 0.835. The van der Waals surface area contributed by atoms with Crippen LogP contribution in [0.3, 0.4) is 0 Å². The summed E-state index contributed by atoms with van der Waals surface area (Å²) >= 11 is 1.69. The highest BCUT2D eigenvalue weighted by Crippen LogP contribution is 2.22. The highest BCUT2D eigenvalue weighted by molar-refractivity contribution is 7.83. The number of nitrogens with one attached hydrogen (secondary N) is 1. The molecule has 2 unspecified atom stereocenters. The minimum atomic E-state index is -0.913. The molecule has 0 radical (unpaired) electrons. The van der Waals surface area contributed by atoms with Crippen molar-refractivity contribution in [3.63, 3.8) is 0 Å². The van der Waals surface area contributed by atoms with Gasteiger partial charge in [-0.15, -0.1) is 11.3 Å². The lowest BCUT2D eigenvalue weighted by molar-refractivity contribution is 0.0942. The molecule has 0 spiro atoms. The average Bonchev–Trinajstić information content (AvgIpc) is 3.00. The molecular formula is C17H22N2O2S2. The van der Waals surface area contributed by atoms with E-state index >= 15 is 0 Å². The molecule has 0 fully saturated rings. The van der Waals surface area contributed by atoms with E-state index in [0.29, 0.717) is 17.9 Å². The van der Waals surface area contributed by atoms with Crippen LogP contribution in [0, 0.1) is 0 Å². The molecule has 1 aromatic heterocycles. The van der Waals surface area contributed by atoms with Gasteiger partial charge < -0.3 is 10.2 Å². The maximum absolute atomic E-state index is 12.4. The maximum atomic E-state index is 12.4. The van der Waals surface area contributed by atoms with E-state index in [1.165, 1.54) is 4.88 Å². The Hall–Kier alpha value is -1.50. The summed E-state index contributed by atoms with van der Waals surface area (Å²) in [5, 5.41) is 5.04. The van der Waals surface area contributed by atoms with Gasteiger partial charge in [-0.25, -0.2) is 0 Å². The molecule has 2 rings (SSSR count). The highest BCUT2D eigenvalue weighted by atomic mass is 32.2. The van der Waals surface area contributed by atoms with Gasteiger partial charge in [-0.1, -0.05) is 18.2 Å². The largest absolute Gasteiger partial charge is 0.350 e. The summed E-state index contributed by atoms with van der Waals surface area (Å²) < 4.78 is 11.3. The van der Waals surface area contributed by atoms with Crippen molar-refractivity contribution in [2.24, 2.45) is 0 Å². The molecular weight excluding hydrogens is 328 g/mol. The third-order valence-corrected chi connectivity index (χ3v) is 5.22. The van der Waals surface area contributed by atoms with E-state index in [1.54, 1.807) is 23.7 Å². The number of hydrogen-bond acceptors (Lipinski definition) is 4. The van der Waals surface area contributed by atoms with Crippen LogP contribution in [-0.2, 0) is 16.6 Å². The third-order valence-electron chi connectivity index (χ3n) is 3.51. The van der Waals surface area contributed by atoms with E-state index in [-0.39, 0.29) is 11.9 Å². The Balaban J connectivity index is 2.02. The molecule has 1 amide bonds. The monoisotopic (exact) mass is 350 g/mol. The van der Waals surface area contributed by atoms with E-state index in [0.717, 1.165) is 5.56 Å². The van der Waals surface area contributed by atoms with Crippen LogP contribution in [-0.4, -0.2) is 41.9 Å². The van der Waals surface area contributed by atoms with E-state index in [1.807, 2.05) is 43.7 Å². The predicted octanol–water partition coefficient (Wildman–Crippen LogP) is 2.66.